The van der Waals surface area contributed by atoms with Gasteiger partial charge in [-0.15, -0.1) is 6.42 Å². The minimum Gasteiger partial charge on any atom is -0.341 e. The van der Waals surface area contributed by atoms with Gasteiger partial charge in [-0.25, -0.2) is 4.68 Å². The molecule has 2 rings (SSSR count). The van der Waals surface area contributed by atoms with E-state index in [9.17, 15) is 4.79 Å². The molecule has 1 aromatic carbocycles. The van der Waals surface area contributed by atoms with Gasteiger partial charge in [0.1, 0.15) is 0 Å². The van der Waals surface area contributed by atoms with Gasteiger partial charge in [0.05, 0.1) is 29.7 Å². The van der Waals surface area contributed by atoms with E-state index < -0.39 is 0 Å². The van der Waals surface area contributed by atoms with Crippen LogP contribution in [0.5, 0.6) is 0 Å². The molecule has 0 aliphatic heterocycles. The number of aryl methyl sites for hydroxylation is 1. The van der Waals surface area contributed by atoms with E-state index in [1.807, 2.05) is 38.1 Å². The summed E-state index contributed by atoms with van der Waals surface area (Å²) in [5, 5.41) is 6.90. The number of carbonyl (C=O) groups excluding carboxylic acids is 1. The summed E-state index contributed by atoms with van der Waals surface area (Å²) in [5.74, 6) is 2.17. The number of nitrogens with one attached hydrogen (secondary N) is 1. The van der Waals surface area contributed by atoms with Crippen molar-refractivity contribution in [3.8, 4) is 18.0 Å². The van der Waals surface area contributed by atoms with Gasteiger partial charge in [0, 0.05) is 0 Å². The van der Waals surface area contributed by atoms with E-state index in [0.717, 1.165) is 16.9 Å². The highest BCUT2D eigenvalue weighted by atomic mass is 16.1. The van der Waals surface area contributed by atoms with Crippen molar-refractivity contribution in [1.82, 2.24) is 15.1 Å². The van der Waals surface area contributed by atoms with Crippen molar-refractivity contribution in [3.63, 3.8) is 0 Å². The standard InChI is InChI=1S/C15H15N3O/c1-4-8-16-15(19)14-10-17-18(12(14)3)13-7-5-6-11(2)9-13/h1,5-7,9-10H,8H2,2-3H3,(H,16,19). The summed E-state index contributed by atoms with van der Waals surface area (Å²) in [5.41, 5.74) is 3.41. The molecule has 1 N–H and O–H groups in total. The summed E-state index contributed by atoms with van der Waals surface area (Å²) in [6, 6.07) is 7.95. The number of benzene rings is 1. The molecule has 0 radical (unpaired) electrons. The van der Waals surface area contributed by atoms with Crippen LogP contribution in [0.4, 0.5) is 0 Å². The van der Waals surface area contributed by atoms with Gasteiger partial charge in [0.2, 0.25) is 0 Å². The lowest BCUT2D eigenvalue weighted by Crippen LogP contribution is -2.23. The first kappa shape index (κ1) is 12.9. The molecule has 0 bridgehead atoms. The Hall–Kier alpha value is -2.54. The Balaban J connectivity index is 2.33. The number of rotatable bonds is 3. The predicted octanol–water partition coefficient (Wildman–Crippen LogP) is 1.85. The smallest absolute Gasteiger partial charge is 0.255 e. The van der Waals surface area contributed by atoms with Gasteiger partial charge in [-0.2, -0.15) is 5.10 Å². The van der Waals surface area contributed by atoms with E-state index in [2.05, 4.69) is 16.3 Å². The van der Waals surface area contributed by atoms with Gasteiger partial charge < -0.3 is 5.32 Å². The number of amides is 1. The fourth-order valence-corrected chi connectivity index (χ4v) is 1.88. The Morgan fingerprint density at radius 1 is 1.47 bits per heavy atom. The fraction of sp³-hybridized carbons (Fsp3) is 0.200. The Labute approximate surface area is 112 Å². The average molecular weight is 253 g/mol. The maximum atomic E-state index is 11.9. The molecule has 0 saturated heterocycles. The monoisotopic (exact) mass is 253 g/mol. The molecule has 0 spiro atoms. The van der Waals surface area contributed by atoms with Crippen molar-refractivity contribution in [2.45, 2.75) is 13.8 Å². The van der Waals surface area contributed by atoms with Crippen molar-refractivity contribution in [2.75, 3.05) is 6.54 Å². The van der Waals surface area contributed by atoms with Gasteiger partial charge in [0.15, 0.2) is 0 Å². The molecule has 0 atom stereocenters. The molecule has 0 unspecified atom stereocenters. The van der Waals surface area contributed by atoms with E-state index in [4.69, 9.17) is 6.42 Å². The Morgan fingerprint density at radius 3 is 2.95 bits per heavy atom. The summed E-state index contributed by atoms with van der Waals surface area (Å²) in [7, 11) is 0. The molecule has 96 valence electrons. The zero-order valence-electron chi connectivity index (χ0n) is 11.0. The fourth-order valence-electron chi connectivity index (χ4n) is 1.88. The van der Waals surface area contributed by atoms with Gasteiger partial charge >= 0.3 is 0 Å². The van der Waals surface area contributed by atoms with Gasteiger partial charge in [-0.05, 0) is 31.5 Å². The third-order valence-electron chi connectivity index (χ3n) is 2.85. The van der Waals surface area contributed by atoms with E-state index in [-0.39, 0.29) is 12.5 Å². The van der Waals surface area contributed by atoms with Crippen LogP contribution in [-0.2, 0) is 0 Å². The van der Waals surface area contributed by atoms with Crippen LogP contribution in [0.15, 0.2) is 30.5 Å². The number of nitrogens with zero attached hydrogens (tertiary/aromatic N) is 2. The quantitative estimate of drug-likeness (QED) is 0.849. The molecule has 19 heavy (non-hydrogen) atoms. The average Bonchev–Trinajstić information content (AvgIpc) is 2.78. The zero-order chi connectivity index (χ0) is 13.8. The highest BCUT2D eigenvalue weighted by Gasteiger charge is 2.14. The number of terminal acetylenes is 1. The molecule has 1 aromatic heterocycles. The first-order valence-corrected chi connectivity index (χ1v) is 5.97. The van der Waals surface area contributed by atoms with Crippen molar-refractivity contribution in [3.05, 3.63) is 47.3 Å². The van der Waals surface area contributed by atoms with E-state index in [1.165, 1.54) is 0 Å². The molecule has 1 amide bonds. The summed E-state index contributed by atoms with van der Waals surface area (Å²) < 4.78 is 1.75. The summed E-state index contributed by atoms with van der Waals surface area (Å²) >= 11 is 0. The number of hydrogen-bond acceptors (Lipinski definition) is 2. The largest absolute Gasteiger partial charge is 0.341 e. The summed E-state index contributed by atoms with van der Waals surface area (Å²) in [6.45, 7) is 4.09. The maximum absolute atomic E-state index is 11.9. The zero-order valence-corrected chi connectivity index (χ0v) is 11.0. The molecular weight excluding hydrogens is 238 g/mol. The minimum absolute atomic E-state index is 0.200. The van der Waals surface area contributed by atoms with E-state index in [1.54, 1.807) is 10.9 Å². The minimum atomic E-state index is -0.200. The Kier molecular flexibility index (Phi) is 3.67. The van der Waals surface area contributed by atoms with Crippen molar-refractivity contribution in [2.24, 2.45) is 0 Å². The third kappa shape index (κ3) is 2.66. The SMILES string of the molecule is C#CCNC(=O)c1cnn(-c2cccc(C)c2)c1C. The topological polar surface area (TPSA) is 46.9 Å². The predicted molar refractivity (Wildman–Crippen MR) is 74.2 cm³/mol. The molecular formula is C15H15N3O. The molecule has 0 fully saturated rings. The van der Waals surface area contributed by atoms with Crippen molar-refractivity contribution in [1.29, 1.82) is 0 Å². The molecule has 0 saturated carbocycles. The summed E-state index contributed by atoms with van der Waals surface area (Å²) in [6.07, 6.45) is 6.68. The van der Waals surface area contributed by atoms with Gasteiger partial charge in [0.25, 0.3) is 5.91 Å². The molecule has 2 aromatic rings. The second-order valence-electron chi connectivity index (χ2n) is 4.28. The number of carbonyl (C=O) groups is 1. The third-order valence-corrected chi connectivity index (χ3v) is 2.85. The van der Waals surface area contributed by atoms with Crippen molar-refractivity contribution < 1.29 is 4.79 Å². The van der Waals surface area contributed by atoms with Crippen LogP contribution in [0.2, 0.25) is 0 Å². The lowest BCUT2D eigenvalue weighted by atomic mass is 10.2. The molecule has 0 aliphatic rings. The summed E-state index contributed by atoms with van der Waals surface area (Å²) in [4.78, 5) is 11.9. The van der Waals surface area contributed by atoms with Crippen LogP contribution in [0, 0.1) is 26.2 Å². The van der Waals surface area contributed by atoms with Crippen LogP contribution in [0.1, 0.15) is 21.6 Å². The Morgan fingerprint density at radius 2 is 2.26 bits per heavy atom. The Bertz CT molecular complexity index is 650. The van der Waals surface area contributed by atoms with Crippen molar-refractivity contribution >= 4 is 5.91 Å². The van der Waals surface area contributed by atoms with E-state index in [0.29, 0.717) is 5.56 Å². The van der Waals surface area contributed by atoms with Crippen LogP contribution in [0.3, 0.4) is 0 Å². The lowest BCUT2D eigenvalue weighted by molar-refractivity contribution is 0.0958. The second kappa shape index (κ2) is 5.40. The highest BCUT2D eigenvalue weighted by molar-refractivity contribution is 5.95. The maximum Gasteiger partial charge on any atom is 0.255 e. The second-order valence-corrected chi connectivity index (χ2v) is 4.28. The number of hydrogen-bond donors (Lipinski definition) is 1. The lowest BCUT2D eigenvalue weighted by Gasteiger charge is -2.06. The first-order chi connectivity index (χ1) is 9.13. The van der Waals surface area contributed by atoms with Gasteiger partial charge in [-0.3, -0.25) is 4.79 Å². The number of aromatic nitrogens is 2. The first-order valence-electron chi connectivity index (χ1n) is 5.97. The highest BCUT2D eigenvalue weighted by Crippen LogP contribution is 2.15. The van der Waals surface area contributed by atoms with Crippen LogP contribution in [0.25, 0.3) is 5.69 Å². The van der Waals surface area contributed by atoms with Crippen LogP contribution >= 0.6 is 0 Å². The van der Waals surface area contributed by atoms with Gasteiger partial charge in [-0.1, -0.05) is 18.1 Å². The van der Waals surface area contributed by atoms with Crippen LogP contribution in [-0.4, -0.2) is 22.2 Å². The normalized spacial score (nSPS) is 9.95. The molecule has 4 nitrogen and oxygen atoms in total. The molecule has 4 heteroatoms. The van der Waals surface area contributed by atoms with E-state index >= 15 is 0 Å². The van der Waals surface area contributed by atoms with Crippen LogP contribution < -0.4 is 5.32 Å². The molecule has 1 heterocycles. The molecule has 0 aliphatic carbocycles.